The molecule has 0 radical (unpaired) electrons. The number of alkyl carbamates (subject to hydrolysis) is 1. The van der Waals surface area contributed by atoms with Crippen LogP contribution in [0.25, 0.3) is 11.1 Å². The summed E-state index contributed by atoms with van der Waals surface area (Å²) in [5, 5.41) is 14.2. The molecule has 0 saturated heterocycles. The lowest BCUT2D eigenvalue weighted by Gasteiger charge is -2.21. The van der Waals surface area contributed by atoms with E-state index in [9.17, 15) is 14.4 Å². The molecule has 174 valence electrons. The second kappa shape index (κ2) is 10.2. The van der Waals surface area contributed by atoms with Crippen LogP contribution in [0, 0.1) is 0 Å². The van der Waals surface area contributed by atoms with E-state index in [2.05, 4.69) is 22.8 Å². The lowest BCUT2D eigenvalue weighted by atomic mass is 9.98. The summed E-state index contributed by atoms with van der Waals surface area (Å²) in [5.41, 5.74) is 5.24. The maximum absolute atomic E-state index is 12.7. The number of carboxylic acid groups (broad SMARTS) is 1. The van der Waals surface area contributed by atoms with Crippen molar-refractivity contribution in [3.63, 3.8) is 0 Å². The van der Waals surface area contributed by atoms with Crippen LogP contribution in [0.15, 0.2) is 78.9 Å². The fourth-order valence-corrected chi connectivity index (χ4v) is 4.22. The first-order valence-electron chi connectivity index (χ1n) is 11.1. The number of rotatable bonds is 8. The zero-order chi connectivity index (χ0) is 24.1. The van der Waals surface area contributed by atoms with E-state index in [1.807, 2.05) is 66.7 Å². The minimum Gasteiger partial charge on any atom is -0.480 e. The molecule has 1 aliphatic carbocycles. The first-order chi connectivity index (χ1) is 16.4. The number of aliphatic carboxylic acids is 1. The van der Waals surface area contributed by atoms with Gasteiger partial charge in [-0.15, -0.1) is 0 Å². The van der Waals surface area contributed by atoms with Crippen molar-refractivity contribution < 1.29 is 24.2 Å². The molecule has 1 aliphatic rings. The lowest BCUT2D eigenvalue weighted by Crippen LogP contribution is -2.51. The standard InChI is InChI=1S/C27H26N2O5/c1-17(26(31)32)28-25(30)24(15-18-9-3-2-4-10-18)29-27(33)34-16-23-21-13-7-5-11-19(21)20-12-6-8-14-22(20)23/h2-14,17,23-24H,15-16H2,1H3,(H,28,30)(H,29,33)(H,31,32)/t17?,24-/m1/s1. The fourth-order valence-electron chi connectivity index (χ4n) is 4.22. The van der Waals surface area contributed by atoms with Gasteiger partial charge in [0.25, 0.3) is 0 Å². The molecular weight excluding hydrogens is 432 g/mol. The average Bonchev–Trinajstić information content (AvgIpc) is 3.16. The van der Waals surface area contributed by atoms with Gasteiger partial charge in [-0.05, 0) is 34.7 Å². The molecule has 4 rings (SSSR count). The normalized spacial score (nSPS) is 13.8. The van der Waals surface area contributed by atoms with Gasteiger partial charge in [-0.25, -0.2) is 4.79 Å². The summed E-state index contributed by atoms with van der Waals surface area (Å²) < 4.78 is 5.56. The first-order valence-corrected chi connectivity index (χ1v) is 11.1. The van der Waals surface area contributed by atoms with Gasteiger partial charge in [0, 0.05) is 12.3 Å². The van der Waals surface area contributed by atoms with Gasteiger partial charge >= 0.3 is 12.1 Å². The van der Waals surface area contributed by atoms with Crippen molar-refractivity contribution >= 4 is 18.0 Å². The maximum Gasteiger partial charge on any atom is 0.407 e. The van der Waals surface area contributed by atoms with E-state index in [0.29, 0.717) is 0 Å². The summed E-state index contributed by atoms with van der Waals surface area (Å²) in [6.45, 7) is 1.48. The Labute approximate surface area is 197 Å². The highest BCUT2D eigenvalue weighted by Gasteiger charge is 2.30. The molecule has 2 amide bonds. The largest absolute Gasteiger partial charge is 0.480 e. The SMILES string of the molecule is CC(NC(=O)[C@@H](Cc1ccccc1)NC(=O)OCC1c2ccccc2-c2ccccc21)C(=O)O. The van der Waals surface area contributed by atoms with Crippen LogP contribution in [0.4, 0.5) is 4.79 Å². The van der Waals surface area contributed by atoms with Crippen molar-refractivity contribution in [3.05, 3.63) is 95.6 Å². The molecule has 34 heavy (non-hydrogen) atoms. The number of hydrogen-bond donors (Lipinski definition) is 3. The first kappa shape index (κ1) is 23.0. The topological polar surface area (TPSA) is 105 Å². The summed E-state index contributed by atoms with van der Waals surface area (Å²) in [6, 6.07) is 23.2. The van der Waals surface area contributed by atoms with Gasteiger partial charge in [0.15, 0.2) is 0 Å². The zero-order valence-electron chi connectivity index (χ0n) is 18.7. The van der Waals surface area contributed by atoms with Crippen LogP contribution >= 0.6 is 0 Å². The highest BCUT2D eigenvalue weighted by molar-refractivity contribution is 5.89. The summed E-state index contributed by atoms with van der Waals surface area (Å²) >= 11 is 0. The molecule has 7 nitrogen and oxygen atoms in total. The van der Waals surface area contributed by atoms with E-state index >= 15 is 0 Å². The second-order valence-corrected chi connectivity index (χ2v) is 8.28. The van der Waals surface area contributed by atoms with Gasteiger partial charge in [-0.2, -0.15) is 0 Å². The van der Waals surface area contributed by atoms with E-state index in [4.69, 9.17) is 9.84 Å². The number of hydrogen-bond acceptors (Lipinski definition) is 4. The summed E-state index contributed by atoms with van der Waals surface area (Å²) in [4.78, 5) is 36.6. The summed E-state index contributed by atoms with van der Waals surface area (Å²) in [6.07, 6.45) is -0.538. The Kier molecular flexibility index (Phi) is 6.92. The van der Waals surface area contributed by atoms with Crippen LogP contribution in [0.3, 0.4) is 0 Å². The van der Waals surface area contributed by atoms with Crippen LogP contribution in [0.5, 0.6) is 0 Å². The monoisotopic (exact) mass is 458 g/mol. The molecule has 0 bridgehead atoms. The molecule has 3 aromatic rings. The highest BCUT2D eigenvalue weighted by Crippen LogP contribution is 2.44. The second-order valence-electron chi connectivity index (χ2n) is 8.28. The van der Waals surface area contributed by atoms with Crippen LogP contribution in [0.1, 0.15) is 29.5 Å². The van der Waals surface area contributed by atoms with Crippen molar-refractivity contribution in [2.24, 2.45) is 0 Å². The number of amides is 2. The number of carbonyl (C=O) groups is 3. The van der Waals surface area contributed by atoms with E-state index in [1.54, 1.807) is 0 Å². The number of nitrogens with one attached hydrogen (secondary N) is 2. The Hall–Kier alpha value is -4.13. The van der Waals surface area contributed by atoms with E-state index < -0.39 is 30.1 Å². The molecule has 0 saturated carbocycles. The van der Waals surface area contributed by atoms with Gasteiger partial charge in [-0.1, -0.05) is 78.9 Å². The molecule has 3 aromatic carbocycles. The number of fused-ring (bicyclic) bond motifs is 3. The zero-order valence-corrected chi connectivity index (χ0v) is 18.7. The Morgan fingerprint density at radius 2 is 1.41 bits per heavy atom. The summed E-state index contributed by atoms with van der Waals surface area (Å²) in [7, 11) is 0. The molecule has 0 spiro atoms. The van der Waals surface area contributed by atoms with Crippen molar-refractivity contribution in [2.75, 3.05) is 6.61 Å². The van der Waals surface area contributed by atoms with E-state index in [1.165, 1.54) is 6.92 Å². The molecule has 0 aliphatic heterocycles. The fraction of sp³-hybridized carbons (Fsp3) is 0.222. The third kappa shape index (κ3) is 5.09. The third-order valence-corrected chi connectivity index (χ3v) is 5.96. The quantitative estimate of drug-likeness (QED) is 0.477. The minimum absolute atomic E-state index is 0.105. The van der Waals surface area contributed by atoms with Crippen LogP contribution in [-0.2, 0) is 20.7 Å². The molecule has 7 heteroatoms. The van der Waals surface area contributed by atoms with Crippen molar-refractivity contribution in [3.8, 4) is 11.1 Å². The molecule has 0 heterocycles. The average molecular weight is 459 g/mol. The Balaban J connectivity index is 1.45. The van der Waals surface area contributed by atoms with E-state index in [-0.39, 0.29) is 18.9 Å². The molecule has 0 aromatic heterocycles. The maximum atomic E-state index is 12.7. The molecule has 0 fully saturated rings. The highest BCUT2D eigenvalue weighted by atomic mass is 16.5. The van der Waals surface area contributed by atoms with Crippen LogP contribution < -0.4 is 10.6 Å². The minimum atomic E-state index is -1.16. The van der Waals surface area contributed by atoms with Crippen molar-refractivity contribution in [1.82, 2.24) is 10.6 Å². The summed E-state index contributed by atoms with van der Waals surface area (Å²) in [5.74, 6) is -1.85. The molecule has 2 atom stereocenters. The number of carboxylic acids is 1. The predicted octanol–water partition coefficient (Wildman–Crippen LogP) is 3.73. The predicted molar refractivity (Wildman–Crippen MR) is 127 cm³/mol. The van der Waals surface area contributed by atoms with Crippen LogP contribution in [0.2, 0.25) is 0 Å². The number of benzene rings is 3. The molecule has 3 N–H and O–H groups in total. The Morgan fingerprint density at radius 1 is 0.853 bits per heavy atom. The Bertz CT molecular complexity index is 1150. The van der Waals surface area contributed by atoms with Gasteiger partial charge < -0.3 is 20.5 Å². The van der Waals surface area contributed by atoms with Gasteiger partial charge in [-0.3, -0.25) is 9.59 Å². The molecule has 1 unspecified atom stereocenters. The number of carbonyl (C=O) groups excluding carboxylic acids is 2. The van der Waals surface area contributed by atoms with Crippen molar-refractivity contribution in [1.29, 1.82) is 0 Å². The van der Waals surface area contributed by atoms with E-state index in [0.717, 1.165) is 27.8 Å². The number of ether oxygens (including phenoxy) is 1. The third-order valence-electron chi connectivity index (χ3n) is 5.96. The van der Waals surface area contributed by atoms with Crippen molar-refractivity contribution in [2.45, 2.75) is 31.3 Å². The van der Waals surface area contributed by atoms with Gasteiger partial charge in [0.1, 0.15) is 18.7 Å². The van der Waals surface area contributed by atoms with Gasteiger partial charge in [0.2, 0.25) is 5.91 Å². The van der Waals surface area contributed by atoms with Gasteiger partial charge in [0.05, 0.1) is 0 Å². The Morgan fingerprint density at radius 3 is 2.00 bits per heavy atom. The lowest BCUT2D eigenvalue weighted by molar-refractivity contribution is -0.141. The van der Waals surface area contributed by atoms with Crippen LogP contribution in [-0.4, -0.2) is 41.8 Å². The smallest absolute Gasteiger partial charge is 0.407 e. The molecular formula is C27H26N2O5.